The fourth-order valence-electron chi connectivity index (χ4n) is 3.04. The summed E-state index contributed by atoms with van der Waals surface area (Å²) in [6.07, 6.45) is 3.22. The Balaban J connectivity index is 1.93. The van der Waals surface area contributed by atoms with Gasteiger partial charge in [0.25, 0.3) is 0 Å². The summed E-state index contributed by atoms with van der Waals surface area (Å²) in [6.45, 7) is 1.83. The van der Waals surface area contributed by atoms with Gasteiger partial charge in [0.05, 0.1) is 18.2 Å². The van der Waals surface area contributed by atoms with Crippen LogP contribution in [0.25, 0.3) is 10.9 Å². The van der Waals surface area contributed by atoms with Crippen LogP contribution in [0.1, 0.15) is 18.5 Å². The number of hydrogen-bond acceptors (Lipinski definition) is 6. The molecule has 0 bridgehead atoms. The number of carbonyl (C=O) groups is 1. The molecule has 2 aromatic heterocycles. The van der Waals surface area contributed by atoms with Crippen molar-refractivity contribution in [1.29, 1.82) is 0 Å². The molecule has 3 heterocycles. The van der Waals surface area contributed by atoms with Gasteiger partial charge in [-0.2, -0.15) is 10.1 Å². The zero-order valence-electron chi connectivity index (χ0n) is 13.2. The summed E-state index contributed by atoms with van der Waals surface area (Å²) in [7, 11) is 1.38. The van der Waals surface area contributed by atoms with Crippen molar-refractivity contribution in [2.75, 3.05) is 12.4 Å². The molecular formula is C17H15N5O2. The SMILES string of the molecule is COC(=O)C1=C(C)Nc2ncnn2[C@@H]1c1ccc2ncccc2c1. The second-order valence-corrected chi connectivity index (χ2v) is 5.54. The monoisotopic (exact) mass is 321 g/mol. The van der Waals surface area contributed by atoms with Gasteiger partial charge in [0.1, 0.15) is 12.4 Å². The van der Waals surface area contributed by atoms with Crippen molar-refractivity contribution in [2.24, 2.45) is 0 Å². The van der Waals surface area contributed by atoms with E-state index in [9.17, 15) is 4.79 Å². The minimum absolute atomic E-state index is 0.391. The molecule has 4 rings (SSSR count). The lowest BCUT2D eigenvalue weighted by atomic mass is 9.94. The maximum Gasteiger partial charge on any atom is 0.338 e. The summed E-state index contributed by atoms with van der Waals surface area (Å²) < 4.78 is 6.67. The molecule has 0 fully saturated rings. The van der Waals surface area contributed by atoms with E-state index in [1.807, 2.05) is 37.3 Å². The molecule has 0 aliphatic carbocycles. The summed E-state index contributed by atoms with van der Waals surface area (Å²) in [5.41, 5.74) is 3.04. The molecule has 0 unspecified atom stereocenters. The van der Waals surface area contributed by atoms with Crippen molar-refractivity contribution in [3.05, 3.63) is 59.7 Å². The van der Waals surface area contributed by atoms with Crippen molar-refractivity contribution in [1.82, 2.24) is 19.7 Å². The van der Waals surface area contributed by atoms with Crippen molar-refractivity contribution >= 4 is 22.8 Å². The minimum atomic E-state index is -0.402. The van der Waals surface area contributed by atoms with Crippen molar-refractivity contribution in [3.63, 3.8) is 0 Å². The first-order valence-electron chi connectivity index (χ1n) is 7.49. The highest BCUT2D eigenvalue weighted by molar-refractivity contribution is 5.92. The predicted octanol–water partition coefficient (Wildman–Crippen LogP) is 2.29. The fraction of sp³-hybridized carbons (Fsp3) is 0.176. The van der Waals surface area contributed by atoms with Crippen LogP contribution in [-0.4, -0.2) is 32.8 Å². The van der Waals surface area contributed by atoms with Gasteiger partial charge in [-0.3, -0.25) is 4.98 Å². The molecular weight excluding hydrogens is 306 g/mol. The number of nitrogens with zero attached hydrogens (tertiary/aromatic N) is 4. The van der Waals surface area contributed by atoms with E-state index in [1.165, 1.54) is 13.4 Å². The van der Waals surface area contributed by atoms with Crippen LogP contribution in [0.3, 0.4) is 0 Å². The van der Waals surface area contributed by atoms with E-state index >= 15 is 0 Å². The zero-order valence-corrected chi connectivity index (χ0v) is 13.2. The average molecular weight is 321 g/mol. The molecule has 1 aromatic carbocycles. The van der Waals surface area contributed by atoms with Crippen LogP contribution in [0.2, 0.25) is 0 Å². The van der Waals surface area contributed by atoms with Gasteiger partial charge in [0.15, 0.2) is 0 Å². The largest absolute Gasteiger partial charge is 0.466 e. The number of rotatable bonds is 2. The average Bonchev–Trinajstić information content (AvgIpc) is 3.07. The molecule has 1 atom stereocenters. The molecule has 1 aliphatic heterocycles. The molecule has 1 aliphatic rings. The summed E-state index contributed by atoms with van der Waals surface area (Å²) >= 11 is 0. The summed E-state index contributed by atoms with van der Waals surface area (Å²) in [4.78, 5) is 20.9. The van der Waals surface area contributed by atoms with Gasteiger partial charge in [-0.15, -0.1) is 0 Å². The van der Waals surface area contributed by atoms with E-state index in [4.69, 9.17) is 4.74 Å². The van der Waals surface area contributed by atoms with E-state index in [1.54, 1.807) is 10.9 Å². The molecule has 0 saturated carbocycles. The Morgan fingerprint density at radius 2 is 2.17 bits per heavy atom. The number of fused-ring (bicyclic) bond motifs is 2. The number of pyridine rings is 1. The molecule has 24 heavy (non-hydrogen) atoms. The van der Waals surface area contributed by atoms with Gasteiger partial charge in [-0.05, 0) is 30.7 Å². The number of aromatic nitrogens is 4. The van der Waals surface area contributed by atoms with Gasteiger partial charge in [-0.1, -0.05) is 12.1 Å². The van der Waals surface area contributed by atoms with Crippen LogP contribution in [0.4, 0.5) is 5.95 Å². The first kappa shape index (κ1) is 14.4. The van der Waals surface area contributed by atoms with E-state index in [0.29, 0.717) is 17.2 Å². The van der Waals surface area contributed by atoms with Crippen LogP contribution in [0.15, 0.2) is 54.1 Å². The zero-order chi connectivity index (χ0) is 16.7. The highest BCUT2D eigenvalue weighted by Crippen LogP contribution is 2.35. The van der Waals surface area contributed by atoms with Crippen LogP contribution < -0.4 is 5.32 Å². The molecule has 1 N–H and O–H groups in total. The second kappa shape index (κ2) is 5.45. The van der Waals surface area contributed by atoms with Gasteiger partial charge in [-0.25, -0.2) is 9.48 Å². The van der Waals surface area contributed by atoms with E-state index in [2.05, 4.69) is 20.4 Å². The normalized spacial score (nSPS) is 16.7. The number of esters is 1. The van der Waals surface area contributed by atoms with Crippen LogP contribution in [0, 0.1) is 0 Å². The van der Waals surface area contributed by atoms with Crippen LogP contribution >= 0.6 is 0 Å². The Kier molecular flexibility index (Phi) is 3.26. The third-order valence-electron chi connectivity index (χ3n) is 4.14. The summed E-state index contributed by atoms with van der Waals surface area (Å²) in [5, 5.41) is 8.38. The van der Waals surface area contributed by atoms with E-state index in [0.717, 1.165) is 16.5 Å². The number of anilines is 1. The number of ether oxygens (including phenoxy) is 1. The number of carbonyl (C=O) groups excluding carboxylic acids is 1. The Labute approximate surface area is 138 Å². The van der Waals surface area contributed by atoms with E-state index in [-0.39, 0.29) is 0 Å². The first-order valence-corrected chi connectivity index (χ1v) is 7.49. The third-order valence-corrected chi connectivity index (χ3v) is 4.14. The van der Waals surface area contributed by atoms with Crippen LogP contribution in [0.5, 0.6) is 0 Å². The van der Waals surface area contributed by atoms with Gasteiger partial charge < -0.3 is 10.1 Å². The lowest BCUT2D eigenvalue weighted by molar-refractivity contribution is -0.136. The fourth-order valence-corrected chi connectivity index (χ4v) is 3.04. The van der Waals surface area contributed by atoms with Crippen LogP contribution in [-0.2, 0) is 9.53 Å². The van der Waals surface area contributed by atoms with E-state index < -0.39 is 12.0 Å². The van der Waals surface area contributed by atoms with Gasteiger partial charge in [0, 0.05) is 17.3 Å². The molecule has 120 valence electrons. The molecule has 7 nitrogen and oxygen atoms in total. The predicted molar refractivity (Wildman–Crippen MR) is 88.2 cm³/mol. The highest BCUT2D eigenvalue weighted by Gasteiger charge is 2.34. The molecule has 0 spiro atoms. The third kappa shape index (κ3) is 2.13. The second-order valence-electron chi connectivity index (χ2n) is 5.54. The number of methoxy groups -OCH3 is 1. The van der Waals surface area contributed by atoms with Crippen molar-refractivity contribution in [3.8, 4) is 0 Å². The Morgan fingerprint density at radius 1 is 1.29 bits per heavy atom. The molecule has 0 saturated heterocycles. The lowest BCUT2D eigenvalue weighted by Crippen LogP contribution is -2.29. The Hall–Kier alpha value is -3.22. The Morgan fingerprint density at radius 3 is 3.00 bits per heavy atom. The maximum absolute atomic E-state index is 12.4. The summed E-state index contributed by atoms with van der Waals surface area (Å²) in [5.74, 6) is 0.203. The van der Waals surface area contributed by atoms with Crippen molar-refractivity contribution < 1.29 is 9.53 Å². The number of nitrogens with one attached hydrogen (secondary N) is 1. The molecule has 3 aromatic rings. The summed E-state index contributed by atoms with van der Waals surface area (Å²) in [6, 6.07) is 9.38. The number of benzene rings is 1. The lowest BCUT2D eigenvalue weighted by Gasteiger charge is -2.28. The Bertz CT molecular complexity index is 976. The standard InChI is InChI=1S/C17H15N5O2/c1-10-14(16(23)24-2)15(22-17(21-10)19-9-20-22)12-5-6-13-11(8-12)4-3-7-18-13/h3-9,15H,1-2H3,(H,19,20,21)/t15-/m1/s1. The first-order chi connectivity index (χ1) is 11.7. The maximum atomic E-state index is 12.4. The van der Waals surface area contributed by atoms with Crippen molar-refractivity contribution in [2.45, 2.75) is 13.0 Å². The highest BCUT2D eigenvalue weighted by atomic mass is 16.5. The molecule has 7 heteroatoms. The molecule has 0 radical (unpaired) electrons. The smallest absolute Gasteiger partial charge is 0.338 e. The van der Waals surface area contributed by atoms with Gasteiger partial charge >= 0.3 is 5.97 Å². The van der Waals surface area contributed by atoms with Gasteiger partial charge in [0.2, 0.25) is 5.95 Å². The minimum Gasteiger partial charge on any atom is -0.466 e. The number of allylic oxidation sites excluding steroid dienone is 1. The number of hydrogen-bond donors (Lipinski definition) is 1. The molecule has 0 amide bonds. The topological polar surface area (TPSA) is 81.9 Å². The quantitative estimate of drug-likeness (QED) is 0.729.